The second-order valence-electron chi connectivity index (χ2n) is 3.73. The summed E-state index contributed by atoms with van der Waals surface area (Å²) < 4.78 is 0. The monoisotopic (exact) mass is 185 g/mol. The van der Waals surface area contributed by atoms with Crippen LogP contribution >= 0.6 is 0 Å². The zero-order chi connectivity index (χ0) is 9.84. The Bertz CT molecular complexity index is 215. The minimum atomic E-state index is -1.26. The van der Waals surface area contributed by atoms with Gasteiger partial charge in [-0.3, -0.25) is 4.79 Å². The quantitative estimate of drug-likeness (QED) is 0.504. The maximum absolute atomic E-state index is 11.1. The van der Waals surface area contributed by atoms with Crippen LogP contribution in [0.5, 0.6) is 0 Å². The van der Waals surface area contributed by atoms with Gasteiger partial charge in [0, 0.05) is 25.2 Å². The van der Waals surface area contributed by atoms with Crippen molar-refractivity contribution in [2.75, 3.05) is 13.6 Å². The molecule has 4 nitrogen and oxygen atoms in total. The molecule has 0 saturated carbocycles. The fraction of sp³-hybridized carbons (Fsp3) is 0.778. The molecule has 0 aliphatic carbocycles. The molecule has 1 fully saturated rings. The lowest BCUT2D eigenvalue weighted by atomic mass is 10.1. The lowest BCUT2D eigenvalue weighted by molar-refractivity contribution is -0.891. The molecule has 13 heavy (non-hydrogen) atoms. The van der Waals surface area contributed by atoms with Gasteiger partial charge < -0.3 is 14.8 Å². The molecule has 1 rings (SSSR count). The maximum atomic E-state index is 11.1. The van der Waals surface area contributed by atoms with Crippen LogP contribution < -0.4 is 10.0 Å². The lowest BCUT2D eigenvalue weighted by Crippen LogP contribution is -3.10. The van der Waals surface area contributed by atoms with Crippen molar-refractivity contribution in [3.8, 4) is 0 Å². The van der Waals surface area contributed by atoms with Crippen molar-refractivity contribution in [1.29, 1.82) is 0 Å². The van der Waals surface area contributed by atoms with Crippen LogP contribution in [0.2, 0.25) is 0 Å². The molecule has 1 aliphatic rings. The first-order valence-electron chi connectivity index (χ1n) is 4.63. The van der Waals surface area contributed by atoms with Crippen molar-refractivity contribution in [2.45, 2.75) is 31.7 Å². The summed E-state index contributed by atoms with van der Waals surface area (Å²) in [5.74, 6) is -1.47. The summed E-state index contributed by atoms with van der Waals surface area (Å²) in [6, 6.07) is 0.326. The normalized spacial score (nSPS) is 27.5. The number of hydrogen-bond donors (Lipinski definition) is 1. The number of carboxylic acid groups (broad SMARTS) is 1. The molecule has 1 saturated heterocycles. The molecule has 1 aliphatic heterocycles. The van der Waals surface area contributed by atoms with Gasteiger partial charge in [0.25, 0.3) is 0 Å². The van der Waals surface area contributed by atoms with E-state index in [0.717, 1.165) is 19.4 Å². The number of aliphatic carboxylic acids is 1. The lowest BCUT2D eigenvalue weighted by Gasteiger charge is -2.15. The number of likely N-dealkylation sites (tertiary alicyclic amines) is 1. The first kappa shape index (κ1) is 10.2. The van der Waals surface area contributed by atoms with Gasteiger partial charge in [-0.05, 0) is 0 Å². The zero-order valence-electron chi connectivity index (χ0n) is 7.84. The second-order valence-corrected chi connectivity index (χ2v) is 3.73. The average Bonchev–Trinajstić information content (AvgIpc) is 2.34. The molecule has 1 heterocycles. The summed E-state index contributed by atoms with van der Waals surface area (Å²) in [5.41, 5.74) is 0. The smallest absolute Gasteiger partial charge is 0.144 e. The Morgan fingerprint density at radius 1 is 1.54 bits per heavy atom. The Labute approximate surface area is 77.5 Å². The number of carbonyl (C=O) groups is 2. The van der Waals surface area contributed by atoms with Crippen molar-refractivity contribution in [3.05, 3.63) is 0 Å². The molecule has 0 radical (unpaired) electrons. The van der Waals surface area contributed by atoms with Gasteiger partial charge in [-0.25, -0.2) is 0 Å². The Hall–Kier alpha value is -0.900. The van der Waals surface area contributed by atoms with Gasteiger partial charge in [0.2, 0.25) is 0 Å². The predicted molar refractivity (Wildman–Crippen MR) is 44.0 cm³/mol. The Morgan fingerprint density at radius 3 is 2.69 bits per heavy atom. The Balaban J connectivity index is 2.31. The van der Waals surface area contributed by atoms with E-state index in [9.17, 15) is 14.7 Å². The van der Waals surface area contributed by atoms with Crippen LogP contribution in [0.3, 0.4) is 0 Å². The van der Waals surface area contributed by atoms with E-state index >= 15 is 0 Å². The minimum Gasteiger partial charge on any atom is -0.550 e. The van der Waals surface area contributed by atoms with Crippen LogP contribution in [0.25, 0.3) is 0 Å². The fourth-order valence-corrected chi connectivity index (χ4v) is 1.86. The highest BCUT2D eigenvalue weighted by Gasteiger charge is 2.26. The minimum absolute atomic E-state index is 0.203. The van der Waals surface area contributed by atoms with E-state index in [1.165, 1.54) is 4.90 Å². The summed E-state index contributed by atoms with van der Waals surface area (Å²) in [5, 5.41) is 10.1. The van der Waals surface area contributed by atoms with Gasteiger partial charge in [-0.2, -0.15) is 0 Å². The van der Waals surface area contributed by atoms with E-state index in [1.807, 2.05) is 7.05 Å². The van der Waals surface area contributed by atoms with Crippen LogP contribution in [0.4, 0.5) is 0 Å². The second kappa shape index (κ2) is 4.37. The molecule has 1 unspecified atom stereocenters. The molecule has 74 valence electrons. The number of nitrogens with one attached hydrogen (secondary N) is 1. The molecule has 4 heteroatoms. The van der Waals surface area contributed by atoms with E-state index in [0.29, 0.717) is 12.5 Å². The molecule has 0 spiro atoms. The Kier molecular flexibility index (Phi) is 3.42. The number of ketones is 1. The molecular formula is C9H15NO3. The standard InChI is InChI=1S/C9H15NO3/c1-10-4-2-3-7(10)5-8(11)6-9(12)13/h7H,2-6H2,1H3,(H,12,13)/t7-/m0/s1. The molecular weight excluding hydrogens is 170 g/mol. The number of Topliss-reactive ketones (excluding diaryl/α,β-unsaturated/α-hetero) is 1. The number of hydrogen-bond acceptors (Lipinski definition) is 3. The number of quaternary nitrogens is 1. The number of rotatable bonds is 4. The van der Waals surface area contributed by atoms with Crippen molar-refractivity contribution in [2.24, 2.45) is 0 Å². The van der Waals surface area contributed by atoms with Gasteiger partial charge in [-0.1, -0.05) is 0 Å². The summed E-state index contributed by atoms with van der Waals surface area (Å²) in [6.45, 7) is 1.09. The van der Waals surface area contributed by atoms with Crippen LogP contribution in [0.15, 0.2) is 0 Å². The molecule has 1 N–H and O–H groups in total. The fourth-order valence-electron chi connectivity index (χ4n) is 1.86. The molecule has 0 aromatic rings. The molecule has 0 bridgehead atoms. The van der Waals surface area contributed by atoms with Crippen LogP contribution in [-0.2, 0) is 9.59 Å². The largest absolute Gasteiger partial charge is 0.550 e. The third kappa shape index (κ3) is 3.14. The van der Waals surface area contributed by atoms with E-state index in [-0.39, 0.29) is 5.78 Å². The third-order valence-electron chi connectivity index (χ3n) is 2.64. The molecule has 0 amide bonds. The first-order chi connectivity index (χ1) is 6.09. The van der Waals surface area contributed by atoms with Crippen LogP contribution in [-0.4, -0.2) is 31.4 Å². The number of carbonyl (C=O) groups excluding carboxylic acids is 2. The van der Waals surface area contributed by atoms with Gasteiger partial charge in [-0.15, -0.1) is 0 Å². The maximum Gasteiger partial charge on any atom is 0.144 e. The topological polar surface area (TPSA) is 61.6 Å². The van der Waals surface area contributed by atoms with Gasteiger partial charge in [0.05, 0.1) is 26.1 Å². The summed E-state index contributed by atoms with van der Waals surface area (Å²) in [4.78, 5) is 22.6. The van der Waals surface area contributed by atoms with Crippen LogP contribution in [0, 0.1) is 0 Å². The SMILES string of the molecule is C[NH+]1CCC[C@H]1CC(=O)CC(=O)[O-]. The van der Waals surface area contributed by atoms with Gasteiger partial charge in [0.1, 0.15) is 5.78 Å². The first-order valence-corrected chi connectivity index (χ1v) is 4.63. The Morgan fingerprint density at radius 2 is 2.23 bits per heavy atom. The van der Waals surface area contributed by atoms with Crippen molar-refractivity contribution in [3.63, 3.8) is 0 Å². The van der Waals surface area contributed by atoms with Gasteiger partial charge in [0.15, 0.2) is 0 Å². The molecule has 2 atom stereocenters. The summed E-state index contributed by atoms with van der Waals surface area (Å²) in [7, 11) is 2.05. The molecule has 0 aromatic carbocycles. The highest BCUT2D eigenvalue weighted by molar-refractivity contribution is 5.94. The third-order valence-corrected chi connectivity index (χ3v) is 2.64. The highest BCUT2D eigenvalue weighted by atomic mass is 16.4. The van der Waals surface area contributed by atoms with E-state index in [2.05, 4.69) is 0 Å². The number of carboxylic acids is 1. The van der Waals surface area contributed by atoms with Crippen LogP contribution in [0.1, 0.15) is 25.7 Å². The van der Waals surface area contributed by atoms with Crippen molar-refractivity contribution in [1.82, 2.24) is 0 Å². The average molecular weight is 185 g/mol. The van der Waals surface area contributed by atoms with E-state index in [1.54, 1.807) is 0 Å². The van der Waals surface area contributed by atoms with E-state index in [4.69, 9.17) is 0 Å². The molecule has 0 aromatic heterocycles. The van der Waals surface area contributed by atoms with Crippen molar-refractivity contribution >= 4 is 11.8 Å². The summed E-state index contributed by atoms with van der Waals surface area (Å²) >= 11 is 0. The zero-order valence-corrected chi connectivity index (χ0v) is 7.84. The summed E-state index contributed by atoms with van der Waals surface area (Å²) in [6.07, 6.45) is 2.13. The predicted octanol–water partition coefficient (Wildman–Crippen LogP) is -2.24. The van der Waals surface area contributed by atoms with Crippen molar-refractivity contribution < 1.29 is 19.6 Å². The van der Waals surface area contributed by atoms with E-state index < -0.39 is 12.4 Å². The van der Waals surface area contributed by atoms with Gasteiger partial charge >= 0.3 is 0 Å². The highest BCUT2D eigenvalue weighted by Crippen LogP contribution is 2.05.